The van der Waals surface area contributed by atoms with Crippen molar-refractivity contribution in [2.75, 3.05) is 0 Å². The van der Waals surface area contributed by atoms with E-state index in [0.717, 1.165) is 11.6 Å². The average molecular weight is 324 g/mol. The van der Waals surface area contributed by atoms with E-state index in [0.29, 0.717) is 11.1 Å². The first-order valence-corrected chi connectivity index (χ1v) is 6.98. The number of aromatic hydroxyl groups is 2. The van der Waals surface area contributed by atoms with Gasteiger partial charge in [0.1, 0.15) is 11.5 Å². The van der Waals surface area contributed by atoms with Gasteiger partial charge in [-0.25, -0.2) is 0 Å². The van der Waals surface area contributed by atoms with E-state index >= 15 is 0 Å². The molecule has 0 fully saturated rings. The highest BCUT2D eigenvalue weighted by molar-refractivity contribution is 6.22. The van der Waals surface area contributed by atoms with Gasteiger partial charge in [0, 0.05) is 11.6 Å². The minimum atomic E-state index is -0.757. The largest absolute Gasteiger partial charge is 0.508 e. The van der Waals surface area contributed by atoms with Crippen LogP contribution in [0, 0.1) is 0 Å². The van der Waals surface area contributed by atoms with E-state index in [1.54, 1.807) is 36.4 Å². The van der Waals surface area contributed by atoms with Crippen LogP contribution >= 0.6 is 0 Å². The first-order chi connectivity index (χ1) is 11.4. The Morgan fingerprint density at radius 1 is 0.917 bits per heavy atom. The molecule has 0 aliphatic carbocycles. The highest BCUT2D eigenvalue weighted by Gasteiger charge is 2.09. The molecule has 0 heterocycles. The molecule has 2 amide bonds. The number of nitrogens with two attached hydrogens (primary N) is 2. The third kappa shape index (κ3) is 4.23. The number of primary amides is 2. The van der Waals surface area contributed by atoms with Crippen LogP contribution in [0.25, 0.3) is 17.7 Å². The average Bonchev–Trinajstić information content (AvgIpc) is 2.53. The molecule has 0 unspecified atom stereocenters. The number of carbonyl (C=O) groups excluding carboxylic acids is 2. The number of carbonyl (C=O) groups is 2. The van der Waals surface area contributed by atoms with Crippen molar-refractivity contribution in [2.45, 2.75) is 0 Å². The fourth-order valence-electron chi connectivity index (χ4n) is 2.07. The van der Waals surface area contributed by atoms with Crippen LogP contribution in [0.15, 0.2) is 48.5 Å². The summed E-state index contributed by atoms with van der Waals surface area (Å²) in [7, 11) is 0. The predicted octanol–water partition coefficient (Wildman–Crippen LogP) is 1.62. The van der Waals surface area contributed by atoms with E-state index in [2.05, 4.69) is 0 Å². The maximum Gasteiger partial charge on any atom is 0.249 e. The summed E-state index contributed by atoms with van der Waals surface area (Å²) >= 11 is 0. The van der Waals surface area contributed by atoms with E-state index in [9.17, 15) is 19.8 Å². The third-order valence-electron chi connectivity index (χ3n) is 3.24. The van der Waals surface area contributed by atoms with Crippen LogP contribution < -0.4 is 11.5 Å². The van der Waals surface area contributed by atoms with Crippen molar-refractivity contribution in [1.82, 2.24) is 0 Å². The minimum Gasteiger partial charge on any atom is -0.508 e. The SMILES string of the molecule is NC(=O)/C=C(/C(N)=O)c1ccc(/C=C/c2cc(O)ccc2O)cc1. The lowest BCUT2D eigenvalue weighted by molar-refractivity contribution is -0.115. The van der Waals surface area contributed by atoms with E-state index in [4.69, 9.17) is 11.5 Å². The maximum atomic E-state index is 11.4. The van der Waals surface area contributed by atoms with Gasteiger partial charge in [-0.05, 0) is 29.3 Å². The number of phenols is 2. The molecule has 2 aromatic rings. The van der Waals surface area contributed by atoms with E-state index < -0.39 is 11.8 Å². The fourth-order valence-corrected chi connectivity index (χ4v) is 2.07. The Morgan fingerprint density at radius 2 is 1.58 bits per heavy atom. The fraction of sp³-hybridized carbons (Fsp3) is 0. The standard InChI is InChI=1S/C18H16N2O4/c19-17(23)10-15(18(20)24)12-4-1-11(2-5-12)3-6-13-9-14(21)7-8-16(13)22/h1-10,21-22H,(H2,19,23)(H2,20,24)/b6-3+,15-10+. The van der Waals surface area contributed by atoms with Gasteiger partial charge in [0.25, 0.3) is 0 Å². The molecule has 6 heteroatoms. The number of hydrogen-bond donors (Lipinski definition) is 4. The Labute approximate surface area is 138 Å². The minimum absolute atomic E-state index is 0.0312. The predicted molar refractivity (Wildman–Crippen MR) is 91.5 cm³/mol. The normalized spacial score (nSPS) is 11.6. The molecule has 2 aromatic carbocycles. The number of hydrogen-bond acceptors (Lipinski definition) is 4. The zero-order valence-electron chi connectivity index (χ0n) is 12.6. The summed E-state index contributed by atoms with van der Waals surface area (Å²) in [6.07, 6.45) is 4.34. The molecule has 0 spiro atoms. The second kappa shape index (κ2) is 7.15. The summed E-state index contributed by atoms with van der Waals surface area (Å²) in [5.74, 6) is -1.42. The van der Waals surface area contributed by atoms with Crippen LogP contribution in [0.5, 0.6) is 11.5 Å². The summed E-state index contributed by atoms with van der Waals surface area (Å²) in [6.45, 7) is 0. The lowest BCUT2D eigenvalue weighted by atomic mass is 10.0. The summed E-state index contributed by atoms with van der Waals surface area (Å²) < 4.78 is 0. The topological polar surface area (TPSA) is 127 Å². The maximum absolute atomic E-state index is 11.4. The summed E-state index contributed by atoms with van der Waals surface area (Å²) in [5, 5.41) is 19.1. The molecule has 122 valence electrons. The van der Waals surface area contributed by atoms with Gasteiger partial charge in [-0.2, -0.15) is 0 Å². The zero-order chi connectivity index (χ0) is 17.7. The molecule has 0 aliphatic heterocycles. The molecule has 0 bridgehead atoms. The molecule has 0 aromatic heterocycles. The van der Waals surface area contributed by atoms with Crippen molar-refractivity contribution in [3.05, 3.63) is 65.2 Å². The van der Waals surface area contributed by atoms with Crippen molar-refractivity contribution in [3.8, 4) is 11.5 Å². The number of amides is 2. The van der Waals surface area contributed by atoms with Crippen LogP contribution in [-0.4, -0.2) is 22.0 Å². The van der Waals surface area contributed by atoms with Crippen molar-refractivity contribution in [2.24, 2.45) is 11.5 Å². The summed E-state index contributed by atoms with van der Waals surface area (Å²) in [6, 6.07) is 10.9. The highest BCUT2D eigenvalue weighted by atomic mass is 16.3. The smallest absolute Gasteiger partial charge is 0.249 e. The highest BCUT2D eigenvalue weighted by Crippen LogP contribution is 2.24. The lowest BCUT2D eigenvalue weighted by Crippen LogP contribution is -2.16. The summed E-state index contributed by atoms with van der Waals surface area (Å²) in [4.78, 5) is 22.3. The Bertz CT molecular complexity index is 837. The quantitative estimate of drug-likeness (QED) is 0.378. The zero-order valence-corrected chi connectivity index (χ0v) is 12.6. The molecular weight excluding hydrogens is 308 g/mol. The Hall–Kier alpha value is -3.54. The van der Waals surface area contributed by atoms with Gasteiger partial charge in [0.15, 0.2) is 0 Å². The van der Waals surface area contributed by atoms with Crippen molar-refractivity contribution >= 4 is 29.5 Å². The van der Waals surface area contributed by atoms with Gasteiger partial charge in [0.05, 0.1) is 5.57 Å². The van der Waals surface area contributed by atoms with Crippen LogP contribution in [0.4, 0.5) is 0 Å². The second-order valence-electron chi connectivity index (χ2n) is 5.02. The molecule has 24 heavy (non-hydrogen) atoms. The monoisotopic (exact) mass is 324 g/mol. The van der Waals surface area contributed by atoms with Gasteiger partial charge < -0.3 is 21.7 Å². The summed E-state index contributed by atoms with van der Waals surface area (Å²) in [5.41, 5.74) is 12.0. The first kappa shape index (κ1) is 16.8. The van der Waals surface area contributed by atoms with E-state index in [1.807, 2.05) is 0 Å². The molecular formula is C18H16N2O4. The van der Waals surface area contributed by atoms with Crippen molar-refractivity contribution in [1.29, 1.82) is 0 Å². The van der Waals surface area contributed by atoms with Crippen molar-refractivity contribution < 1.29 is 19.8 Å². The van der Waals surface area contributed by atoms with Crippen LogP contribution in [-0.2, 0) is 9.59 Å². The van der Waals surface area contributed by atoms with Crippen LogP contribution in [0.2, 0.25) is 0 Å². The molecule has 2 rings (SSSR count). The molecule has 6 N–H and O–H groups in total. The molecule has 0 saturated carbocycles. The second-order valence-corrected chi connectivity index (χ2v) is 5.02. The van der Waals surface area contributed by atoms with Gasteiger partial charge in [-0.15, -0.1) is 0 Å². The van der Waals surface area contributed by atoms with Gasteiger partial charge in [-0.3, -0.25) is 9.59 Å². The van der Waals surface area contributed by atoms with E-state index in [1.165, 1.54) is 18.2 Å². The Kier molecular flexibility index (Phi) is 5.01. The molecule has 0 saturated heterocycles. The molecule has 0 aliphatic rings. The first-order valence-electron chi connectivity index (χ1n) is 6.98. The number of phenolic OH excluding ortho intramolecular Hbond substituents is 2. The van der Waals surface area contributed by atoms with Crippen LogP contribution in [0.3, 0.4) is 0 Å². The molecule has 0 atom stereocenters. The van der Waals surface area contributed by atoms with Gasteiger partial charge in [-0.1, -0.05) is 36.4 Å². The molecule has 0 radical (unpaired) electrons. The number of rotatable bonds is 5. The third-order valence-corrected chi connectivity index (χ3v) is 3.24. The van der Waals surface area contributed by atoms with Crippen molar-refractivity contribution in [3.63, 3.8) is 0 Å². The van der Waals surface area contributed by atoms with Gasteiger partial charge >= 0.3 is 0 Å². The van der Waals surface area contributed by atoms with Gasteiger partial charge in [0.2, 0.25) is 11.8 Å². The Balaban J connectivity index is 2.26. The van der Waals surface area contributed by atoms with Crippen LogP contribution in [0.1, 0.15) is 16.7 Å². The molecule has 6 nitrogen and oxygen atoms in total. The number of benzene rings is 2. The lowest BCUT2D eigenvalue weighted by Gasteiger charge is -2.04. The van der Waals surface area contributed by atoms with E-state index in [-0.39, 0.29) is 17.1 Å². The Morgan fingerprint density at radius 3 is 2.17 bits per heavy atom.